The van der Waals surface area contributed by atoms with Crippen molar-refractivity contribution < 1.29 is 23.5 Å². The maximum absolute atomic E-state index is 12.1. The summed E-state index contributed by atoms with van der Waals surface area (Å²) < 4.78 is 26.4. The van der Waals surface area contributed by atoms with Gasteiger partial charge in [-0.05, 0) is 25.7 Å². The molecule has 1 aromatic rings. The molecular weight excluding hydrogens is 462 g/mol. The zero-order chi connectivity index (χ0) is 25.2. The molecule has 2 rings (SSSR count). The van der Waals surface area contributed by atoms with Crippen LogP contribution in [0.4, 0.5) is 4.79 Å². The quantitative estimate of drug-likeness (QED) is 0.109. The summed E-state index contributed by atoms with van der Waals surface area (Å²) in [6.45, 7) is 7.78. The van der Waals surface area contributed by atoms with Crippen molar-refractivity contribution in [1.82, 2.24) is 8.75 Å². The van der Waals surface area contributed by atoms with Crippen molar-refractivity contribution in [2.24, 2.45) is 0 Å². The molecule has 0 aliphatic carbocycles. The van der Waals surface area contributed by atoms with Crippen molar-refractivity contribution in [3.63, 3.8) is 0 Å². The number of unbranched alkanes of at least 4 members (excludes halogenated alkanes) is 11. The summed E-state index contributed by atoms with van der Waals surface area (Å²) in [5.41, 5.74) is 0.975. The second-order valence-corrected chi connectivity index (χ2v) is 11.0. The number of rotatable bonds is 19. The summed E-state index contributed by atoms with van der Waals surface area (Å²) in [7, 11) is 2.14. The zero-order valence-corrected chi connectivity index (χ0v) is 23.4. The molecule has 1 fully saturated rings. The monoisotopic (exact) mass is 512 g/mol. The highest BCUT2D eigenvalue weighted by atomic mass is 32.1. The Kier molecular flexibility index (Phi) is 15.3. The molecule has 8 heteroatoms. The van der Waals surface area contributed by atoms with E-state index in [-0.39, 0.29) is 5.92 Å². The van der Waals surface area contributed by atoms with Gasteiger partial charge in [0.15, 0.2) is 0 Å². The molecular formula is C27H50N3O4S+. The topological polar surface area (TPSA) is 70.5 Å². The number of piperidine rings is 1. The molecule has 0 aromatic carbocycles. The van der Waals surface area contributed by atoms with Crippen LogP contribution in [0.5, 0.6) is 5.88 Å². The number of hydrogen-bond acceptors (Lipinski definition) is 7. The third kappa shape index (κ3) is 12.4. The normalized spacial score (nSPS) is 20.0. The SMILES string of the molecule is CCCCCCCCCCCOC(=O)OC[N+]1(C)CCCC(c2nsnc2OCCCCCC)C1. The first-order valence-electron chi connectivity index (χ1n) is 14.2. The Hall–Kier alpha value is -1.41. The lowest BCUT2D eigenvalue weighted by Gasteiger charge is -2.39. The van der Waals surface area contributed by atoms with E-state index in [1.807, 2.05) is 0 Å². The fraction of sp³-hybridized carbons (Fsp3) is 0.889. The number of likely N-dealkylation sites (tertiary alicyclic amines) is 1. The number of carbonyl (C=O) groups excluding carboxylic acids is 1. The first kappa shape index (κ1) is 29.8. The van der Waals surface area contributed by atoms with E-state index in [1.165, 1.54) is 75.9 Å². The Labute approximate surface area is 217 Å². The Morgan fingerprint density at radius 2 is 1.51 bits per heavy atom. The van der Waals surface area contributed by atoms with Crippen molar-refractivity contribution in [1.29, 1.82) is 0 Å². The fourth-order valence-electron chi connectivity index (χ4n) is 4.83. The summed E-state index contributed by atoms with van der Waals surface area (Å²) in [5, 5.41) is 0. The van der Waals surface area contributed by atoms with Crippen LogP contribution in [0.1, 0.15) is 122 Å². The van der Waals surface area contributed by atoms with E-state index in [2.05, 4.69) is 29.6 Å². The van der Waals surface area contributed by atoms with E-state index < -0.39 is 6.16 Å². The summed E-state index contributed by atoms with van der Waals surface area (Å²) in [6.07, 6.45) is 17.5. The van der Waals surface area contributed by atoms with Crippen molar-refractivity contribution in [3.05, 3.63) is 5.69 Å². The van der Waals surface area contributed by atoms with E-state index in [0.29, 0.717) is 30.3 Å². The smallest absolute Gasteiger partial charge is 0.476 e. The molecule has 2 heterocycles. The highest BCUT2D eigenvalue weighted by Gasteiger charge is 2.36. The first-order chi connectivity index (χ1) is 17.1. The van der Waals surface area contributed by atoms with Crippen LogP contribution in [0.3, 0.4) is 0 Å². The van der Waals surface area contributed by atoms with Gasteiger partial charge >= 0.3 is 6.16 Å². The van der Waals surface area contributed by atoms with E-state index in [1.54, 1.807) is 0 Å². The van der Waals surface area contributed by atoms with Gasteiger partial charge < -0.3 is 14.2 Å². The first-order valence-corrected chi connectivity index (χ1v) is 14.9. The van der Waals surface area contributed by atoms with Crippen LogP contribution in [-0.4, -0.2) is 59.5 Å². The number of ether oxygens (including phenoxy) is 3. The molecule has 0 spiro atoms. The minimum atomic E-state index is -0.544. The van der Waals surface area contributed by atoms with Crippen LogP contribution in [0.2, 0.25) is 0 Å². The van der Waals surface area contributed by atoms with Crippen molar-refractivity contribution in [3.8, 4) is 5.88 Å². The maximum atomic E-state index is 12.1. The molecule has 0 N–H and O–H groups in total. The largest absolute Gasteiger partial charge is 0.512 e. The Bertz CT molecular complexity index is 687. The minimum absolute atomic E-state index is 0.278. The lowest BCUT2D eigenvalue weighted by atomic mass is 9.94. The van der Waals surface area contributed by atoms with Crippen LogP contribution >= 0.6 is 11.7 Å². The fourth-order valence-corrected chi connectivity index (χ4v) is 5.40. The van der Waals surface area contributed by atoms with Gasteiger partial charge in [-0.25, -0.2) is 4.79 Å². The molecule has 1 saturated heterocycles. The molecule has 0 radical (unpaired) electrons. The number of carbonyl (C=O) groups is 1. The Balaban J connectivity index is 1.62. The number of hydrogen-bond donors (Lipinski definition) is 0. The molecule has 1 aliphatic heterocycles. The lowest BCUT2D eigenvalue weighted by molar-refractivity contribution is -0.931. The molecule has 0 bridgehead atoms. The van der Waals surface area contributed by atoms with Crippen LogP contribution in [-0.2, 0) is 9.47 Å². The summed E-state index contributed by atoms with van der Waals surface area (Å²) in [5.74, 6) is 0.978. The highest BCUT2D eigenvalue weighted by molar-refractivity contribution is 6.99. The molecule has 35 heavy (non-hydrogen) atoms. The standard InChI is InChI=1S/C27H50N3O4S/c1-4-6-8-10-11-12-13-14-16-21-33-27(31)34-23-30(3)19-17-18-24(22-30)25-26(29-35-28-25)32-20-15-9-7-5-2/h24H,4-23H2,1-3H3/q+1. The van der Waals surface area contributed by atoms with E-state index >= 15 is 0 Å². The predicted octanol–water partition coefficient (Wildman–Crippen LogP) is 7.46. The predicted molar refractivity (Wildman–Crippen MR) is 142 cm³/mol. The third-order valence-corrected chi connectivity index (χ3v) is 7.50. The second kappa shape index (κ2) is 17.9. The molecule has 202 valence electrons. The maximum Gasteiger partial charge on any atom is 0.512 e. The molecule has 1 aliphatic rings. The molecule has 2 atom stereocenters. The third-order valence-electron chi connectivity index (χ3n) is 6.98. The molecule has 2 unspecified atom stereocenters. The molecule has 0 saturated carbocycles. The van der Waals surface area contributed by atoms with Crippen LogP contribution in [0.25, 0.3) is 0 Å². The van der Waals surface area contributed by atoms with Crippen LogP contribution in [0.15, 0.2) is 0 Å². The minimum Gasteiger partial charge on any atom is -0.476 e. The van der Waals surface area contributed by atoms with Crippen molar-refractivity contribution in [2.45, 2.75) is 116 Å². The zero-order valence-electron chi connectivity index (χ0n) is 22.6. The summed E-state index contributed by atoms with van der Waals surface area (Å²) >= 11 is 1.23. The molecule has 7 nitrogen and oxygen atoms in total. The van der Waals surface area contributed by atoms with E-state index in [4.69, 9.17) is 14.2 Å². The average Bonchev–Trinajstić information content (AvgIpc) is 3.32. The number of nitrogens with zero attached hydrogens (tertiary/aromatic N) is 3. The van der Waals surface area contributed by atoms with Gasteiger partial charge in [0, 0.05) is 0 Å². The Morgan fingerprint density at radius 1 is 0.886 bits per heavy atom. The highest BCUT2D eigenvalue weighted by Crippen LogP contribution is 2.34. The van der Waals surface area contributed by atoms with Gasteiger partial charge in [-0.1, -0.05) is 84.5 Å². The molecule has 0 amide bonds. The van der Waals surface area contributed by atoms with Gasteiger partial charge in [0.1, 0.15) is 5.69 Å². The Morgan fingerprint density at radius 3 is 2.23 bits per heavy atom. The summed E-state index contributed by atoms with van der Waals surface area (Å²) in [4.78, 5) is 12.1. The number of quaternary nitrogens is 1. The van der Waals surface area contributed by atoms with E-state index in [9.17, 15) is 4.79 Å². The van der Waals surface area contributed by atoms with Crippen molar-refractivity contribution in [2.75, 3.05) is 40.1 Å². The van der Waals surface area contributed by atoms with Crippen LogP contribution in [0, 0.1) is 0 Å². The number of aromatic nitrogens is 2. The van der Waals surface area contributed by atoms with Gasteiger partial charge in [-0.3, -0.25) is 4.48 Å². The van der Waals surface area contributed by atoms with E-state index in [0.717, 1.165) is 50.9 Å². The van der Waals surface area contributed by atoms with Gasteiger partial charge in [-0.2, -0.15) is 4.37 Å². The molecule has 1 aromatic heterocycles. The van der Waals surface area contributed by atoms with Crippen molar-refractivity contribution >= 4 is 17.9 Å². The average molecular weight is 513 g/mol. The van der Waals surface area contributed by atoms with Gasteiger partial charge in [0.25, 0.3) is 0 Å². The summed E-state index contributed by atoms with van der Waals surface area (Å²) in [6, 6.07) is 0. The van der Waals surface area contributed by atoms with Gasteiger partial charge in [-0.15, -0.1) is 4.37 Å². The van der Waals surface area contributed by atoms with Crippen LogP contribution < -0.4 is 4.74 Å². The second-order valence-electron chi connectivity index (χ2n) is 10.4. The number of likely N-dealkylation sites (N-methyl/N-ethyl adjacent to an activating group) is 1. The van der Waals surface area contributed by atoms with Gasteiger partial charge in [0.05, 0.1) is 51.0 Å². The van der Waals surface area contributed by atoms with Gasteiger partial charge in [0.2, 0.25) is 12.6 Å². The lowest BCUT2D eigenvalue weighted by Crippen LogP contribution is -2.52.